The summed E-state index contributed by atoms with van der Waals surface area (Å²) in [7, 11) is 1.94. The van der Waals surface area contributed by atoms with Crippen LogP contribution in [0.15, 0.2) is 94.7 Å². The maximum absolute atomic E-state index is 13.2. The Kier molecular flexibility index (Phi) is 4.48. The van der Waals surface area contributed by atoms with Crippen LogP contribution in [0, 0.1) is 0 Å². The second kappa shape index (κ2) is 7.44. The zero-order valence-corrected chi connectivity index (χ0v) is 16.5. The Labute approximate surface area is 173 Å². The summed E-state index contributed by atoms with van der Waals surface area (Å²) in [4.78, 5) is 25.9. The highest BCUT2D eigenvalue weighted by Gasteiger charge is 2.14. The number of hydrogen-bond donors (Lipinski definition) is 1. The van der Waals surface area contributed by atoms with E-state index in [2.05, 4.69) is 4.98 Å². The summed E-state index contributed by atoms with van der Waals surface area (Å²) in [5.74, 6) is 0.549. The molecule has 146 valence electrons. The van der Waals surface area contributed by atoms with Gasteiger partial charge in [-0.3, -0.25) is 9.79 Å². The van der Waals surface area contributed by atoms with E-state index in [1.165, 1.54) is 0 Å². The van der Waals surface area contributed by atoms with Crippen molar-refractivity contribution in [3.05, 3.63) is 106 Å². The van der Waals surface area contributed by atoms with Crippen LogP contribution >= 0.6 is 0 Å². The van der Waals surface area contributed by atoms with Crippen LogP contribution in [0.2, 0.25) is 0 Å². The fourth-order valence-electron chi connectivity index (χ4n) is 3.78. The summed E-state index contributed by atoms with van der Waals surface area (Å²) in [6, 6.07) is 27.7. The van der Waals surface area contributed by atoms with Gasteiger partial charge >= 0.3 is 0 Å². The van der Waals surface area contributed by atoms with Crippen LogP contribution in [-0.4, -0.2) is 14.5 Å². The molecule has 0 amide bonds. The van der Waals surface area contributed by atoms with Gasteiger partial charge in [0.05, 0.1) is 17.4 Å². The molecular formula is C25H20N4O. The van der Waals surface area contributed by atoms with Gasteiger partial charge in [-0.15, -0.1) is 0 Å². The first kappa shape index (κ1) is 18.1. The van der Waals surface area contributed by atoms with Crippen molar-refractivity contribution < 1.29 is 0 Å². The average molecular weight is 392 g/mol. The Balaban J connectivity index is 1.85. The summed E-state index contributed by atoms with van der Waals surface area (Å²) < 4.78 is 1.97. The Morgan fingerprint density at radius 3 is 2.33 bits per heavy atom. The number of nitrogens with one attached hydrogen (secondary N) is 1. The molecule has 5 rings (SSSR count). The molecule has 0 atom stereocenters. The van der Waals surface area contributed by atoms with Gasteiger partial charge in [-0.25, -0.2) is 4.98 Å². The summed E-state index contributed by atoms with van der Waals surface area (Å²) in [5, 5.41) is 2.12. The monoisotopic (exact) mass is 392 g/mol. The van der Waals surface area contributed by atoms with Gasteiger partial charge in [-0.1, -0.05) is 78.9 Å². The van der Waals surface area contributed by atoms with Crippen molar-refractivity contribution in [3.8, 4) is 11.4 Å². The van der Waals surface area contributed by atoms with E-state index < -0.39 is 0 Å². The second-order valence-electron chi connectivity index (χ2n) is 7.21. The van der Waals surface area contributed by atoms with Crippen LogP contribution in [0.5, 0.6) is 0 Å². The highest BCUT2D eigenvalue weighted by molar-refractivity contribution is 5.91. The van der Waals surface area contributed by atoms with E-state index in [1.54, 1.807) is 0 Å². The molecule has 5 aromatic rings. The quantitative estimate of drug-likeness (QED) is 0.468. The maximum Gasteiger partial charge on any atom is 0.262 e. The Hall–Kier alpha value is -3.99. The van der Waals surface area contributed by atoms with E-state index in [-0.39, 0.29) is 5.56 Å². The Morgan fingerprint density at radius 1 is 0.900 bits per heavy atom. The largest absolute Gasteiger partial charge is 0.328 e. The molecule has 5 nitrogen and oxygen atoms in total. The van der Waals surface area contributed by atoms with Crippen LogP contribution in [0.3, 0.4) is 0 Å². The van der Waals surface area contributed by atoms with Gasteiger partial charge in [-0.05, 0) is 11.6 Å². The molecule has 5 heteroatoms. The molecule has 0 fully saturated rings. The predicted molar refractivity (Wildman–Crippen MR) is 120 cm³/mol. The zero-order chi connectivity index (χ0) is 20.5. The number of rotatable bonds is 3. The van der Waals surface area contributed by atoms with Crippen molar-refractivity contribution in [2.75, 3.05) is 0 Å². The van der Waals surface area contributed by atoms with Gasteiger partial charge < -0.3 is 9.55 Å². The fraction of sp³-hybridized carbons (Fsp3) is 0.0800. The van der Waals surface area contributed by atoms with Crippen molar-refractivity contribution in [2.24, 2.45) is 12.0 Å². The lowest BCUT2D eigenvalue weighted by atomic mass is 10.1. The molecule has 0 aliphatic rings. The molecule has 1 N–H and O–H groups in total. The van der Waals surface area contributed by atoms with Gasteiger partial charge in [0.25, 0.3) is 5.56 Å². The number of H-pyrrole nitrogens is 1. The average Bonchev–Trinajstić information content (AvgIpc) is 2.80. The first-order valence-corrected chi connectivity index (χ1v) is 9.84. The van der Waals surface area contributed by atoms with E-state index in [1.807, 2.05) is 96.5 Å². The summed E-state index contributed by atoms with van der Waals surface area (Å²) in [6.45, 7) is 0.494. The first-order chi connectivity index (χ1) is 14.7. The number of hydrogen-bond acceptors (Lipinski definition) is 3. The van der Waals surface area contributed by atoms with Crippen molar-refractivity contribution in [1.29, 1.82) is 0 Å². The lowest BCUT2D eigenvalue weighted by Crippen LogP contribution is -2.22. The molecular weight excluding hydrogens is 372 g/mol. The van der Waals surface area contributed by atoms with Crippen LogP contribution < -0.4 is 10.9 Å². The van der Waals surface area contributed by atoms with Gasteiger partial charge in [-0.2, -0.15) is 0 Å². The number of benzene rings is 3. The molecule has 0 bridgehead atoms. The minimum Gasteiger partial charge on any atom is -0.328 e. The Morgan fingerprint density at radius 2 is 1.57 bits per heavy atom. The molecule has 2 aromatic heterocycles. The normalized spacial score (nSPS) is 12.0. The predicted octanol–water partition coefficient (Wildman–Crippen LogP) is 4.18. The lowest BCUT2D eigenvalue weighted by Gasteiger charge is -2.12. The molecule has 0 aliphatic carbocycles. The van der Waals surface area contributed by atoms with E-state index >= 15 is 0 Å². The number of aromatic amines is 1. The molecule has 2 heterocycles. The third-order valence-electron chi connectivity index (χ3n) is 5.29. The number of fused-ring (bicyclic) bond motifs is 2. The summed E-state index contributed by atoms with van der Waals surface area (Å²) in [6.07, 6.45) is 0. The van der Waals surface area contributed by atoms with Crippen molar-refractivity contribution >= 4 is 21.9 Å². The number of pyridine rings is 1. The van der Waals surface area contributed by atoms with Gasteiger partial charge in [0.2, 0.25) is 0 Å². The molecule has 0 saturated heterocycles. The number of para-hydroxylation sites is 1. The molecule has 0 aliphatic heterocycles. The molecule has 30 heavy (non-hydrogen) atoms. The fourth-order valence-corrected chi connectivity index (χ4v) is 3.78. The Bertz CT molecular complexity index is 1480. The smallest absolute Gasteiger partial charge is 0.262 e. The van der Waals surface area contributed by atoms with E-state index in [0.29, 0.717) is 28.8 Å². The van der Waals surface area contributed by atoms with E-state index in [4.69, 9.17) is 9.98 Å². The van der Waals surface area contributed by atoms with Crippen molar-refractivity contribution in [2.45, 2.75) is 6.54 Å². The van der Waals surface area contributed by atoms with Crippen molar-refractivity contribution in [1.82, 2.24) is 14.5 Å². The van der Waals surface area contributed by atoms with Gasteiger partial charge in [0.1, 0.15) is 16.9 Å². The standard InChI is InChI=1S/C25H20N4O/c1-29-20-15-9-8-14-19(20)22(26-16-17-10-4-2-5-11-17)21-24(29)27-23(28-25(21)30)18-12-6-3-7-13-18/h2-15H,16H2,1H3,(H,27,28,30). The highest BCUT2D eigenvalue weighted by Crippen LogP contribution is 2.18. The lowest BCUT2D eigenvalue weighted by molar-refractivity contribution is 0.955. The maximum atomic E-state index is 13.2. The van der Waals surface area contributed by atoms with Gasteiger partial charge in [0, 0.05) is 18.0 Å². The molecule has 0 unspecified atom stereocenters. The third-order valence-corrected chi connectivity index (χ3v) is 5.29. The zero-order valence-electron chi connectivity index (χ0n) is 16.5. The van der Waals surface area contributed by atoms with Crippen LogP contribution in [-0.2, 0) is 13.6 Å². The molecule has 0 radical (unpaired) electrons. The second-order valence-corrected chi connectivity index (χ2v) is 7.21. The highest BCUT2D eigenvalue weighted by atomic mass is 16.1. The van der Waals surface area contributed by atoms with Gasteiger partial charge in [0.15, 0.2) is 0 Å². The SMILES string of the molecule is Cn1c2ccccc2c(=NCc2ccccc2)c2c(=O)[nH]c(-c3ccccc3)nc21. The van der Waals surface area contributed by atoms with E-state index in [0.717, 1.165) is 22.0 Å². The number of aromatic nitrogens is 3. The molecule has 3 aromatic carbocycles. The molecule has 0 spiro atoms. The minimum atomic E-state index is -0.188. The topological polar surface area (TPSA) is 63.0 Å². The number of aryl methyl sites for hydroxylation is 1. The first-order valence-electron chi connectivity index (χ1n) is 9.84. The number of nitrogens with zero attached hydrogens (tertiary/aromatic N) is 3. The minimum absolute atomic E-state index is 0.188. The molecule has 0 saturated carbocycles. The summed E-state index contributed by atoms with van der Waals surface area (Å²) in [5.41, 5.74) is 3.37. The summed E-state index contributed by atoms with van der Waals surface area (Å²) >= 11 is 0. The van der Waals surface area contributed by atoms with Crippen LogP contribution in [0.4, 0.5) is 0 Å². The third kappa shape index (κ3) is 3.10. The van der Waals surface area contributed by atoms with E-state index in [9.17, 15) is 4.79 Å². The van der Waals surface area contributed by atoms with Crippen LogP contribution in [0.25, 0.3) is 33.3 Å². The van der Waals surface area contributed by atoms with Crippen LogP contribution in [0.1, 0.15) is 5.56 Å². The van der Waals surface area contributed by atoms with Crippen molar-refractivity contribution in [3.63, 3.8) is 0 Å².